The summed E-state index contributed by atoms with van der Waals surface area (Å²) in [5.41, 5.74) is 1.37. The van der Waals surface area contributed by atoms with Gasteiger partial charge in [0.15, 0.2) is 0 Å². The topological polar surface area (TPSA) is 66.8 Å². The molecule has 130 valence electrons. The van der Waals surface area contributed by atoms with Crippen LogP contribution in [0.25, 0.3) is 0 Å². The molecule has 2 aliphatic heterocycles. The summed E-state index contributed by atoms with van der Waals surface area (Å²) in [5, 5.41) is 9.38. The van der Waals surface area contributed by atoms with Crippen molar-refractivity contribution >= 4 is 11.9 Å². The Morgan fingerprint density at radius 3 is 2.62 bits per heavy atom. The summed E-state index contributed by atoms with van der Waals surface area (Å²) >= 11 is 0. The van der Waals surface area contributed by atoms with Crippen molar-refractivity contribution in [2.45, 2.75) is 39.2 Å². The van der Waals surface area contributed by atoms with Gasteiger partial charge in [0.1, 0.15) is 0 Å². The van der Waals surface area contributed by atoms with Crippen molar-refractivity contribution in [2.24, 2.45) is 11.3 Å². The number of nitrogens with zero attached hydrogens (tertiary/aromatic N) is 1. The Balaban J connectivity index is 1.77. The zero-order valence-corrected chi connectivity index (χ0v) is 14.3. The molecule has 1 aromatic carbocycles. The van der Waals surface area contributed by atoms with Crippen LogP contribution in [0.1, 0.15) is 43.4 Å². The summed E-state index contributed by atoms with van der Waals surface area (Å²) in [5.74, 6) is -1.02. The van der Waals surface area contributed by atoms with Crippen molar-refractivity contribution in [2.75, 3.05) is 19.7 Å². The van der Waals surface area contributed by atoms with Gasteiger partial charge in [-0.2, -0.15) is 0 Å². The number of likely N-dealkylation sites (tertiary alicyclic amines) is 1. The van der Waals surface area contributed by atoms with Crippen LogP contribution in [-0.2, 0) is 14.3 Å². The Kier molecular flexibility index (Phi) is 4.63. The molecule has 0 unspecified atom stereocenters. The van der Waals surface area contributed by atoms with Gasteiger partial charge >= 0.3 is 5.97 Å². The maximum Gasteiger partial charge on any atom is 0.311 e. The van der Waals surface area contributed by atoms with Crippen molar-refractivity contribution in [1.82, 2.24) is 4.90 Å². The van der Waals surface area contributed by atoms with Crippen LogP contribution < -0.4 is 0 Å². The Labute approximate surface area is 142 Å². The second-order valence-electron chi connectivity index (χ2n) is 7.33. The maximum absolute atomic E-state index is 13.0. The molecule has 0 aromatic heterocycles. The van der Waals surface area contributed by atoms with E-state index in [2.05, 4.69) is 0 Å². The minimum atomic E-state index is -0.829. The van der Waals surface area contributed by atoms with Gasteiger partial charge in [0, 0.05) is 19.7 Å². The Morgan fingerprint density at radius 2 is 2.00 bits per heavy atom. The number of hydrogen-bond donors (Lipinski definition) is 1. The molecule has 5 nitrogen and oxygen atoms in total. The minimum absolute atomic E-state index is 0.0326. The summed E-state index contributed by atoms with van der Waals surface area (Å²) in [6.45, 7) is 5.22. The standard InChI is InChI=1S/C19H25NO4/c1-13-5-7-14(8-6-13)16-15(4-3-11-24-16)17(21)20-10-9-19(2,12-20)18(22)23/h5-8,15-16H,3-4,9-12H2,1-2H3,(H,22,23)/t15-,16+,19+/m1/s1. The fourth-order valence-electron chi connectivity index (χ4n) is 3.68. The Bertz CT molecular complexity index is 627. The average molecular weight is 331 g/mol. The molecule has 3 rings (SSSR count). The highest BCUT2D eigenvalue weighted by Crippen LogP contribution is 2.38. The molecule has 3 atom stereocenters. The zero-order chi connectivity index (χ0) is 17.3. The molecule has 2 aliphatic rings. The number of amides is 1. The molecule has 24 heavy (non-hydrogen) atoms. The smallest absolute Gasteiger partial charge is 0.311 e. The van der Waals surface area contributed by atoms with Crippen molar-refractivity contribution < 1.29 is 19.4 Å². The molecule has 0 radical (unpaired) electrons. The van der Waals surface area contributed by atoms with E-state index in [0.717, 1.165) is 18.4 Å². The lowest BCUT2D eigenvalue weighted by Crippen LogP contribution is -2.41. The first kappa shape index (κ1) is 17.0. The summed E-state index contributed by atoms with van der Waals surface area (Å²) < 4.78 is 5.93. The molecule has 0 saturated carbocycles. The molecule has 1 N–H and O–H groups in total. The maximum atomic E-state index is 13.0. The van der Waals surface area contributed by atoms with E-state index in [1.165, 1.54) is 5.56 Å². The summed E-state index contributed by atoms with van der Waals surface area (Å²) in [4.78, 5) is 26.2. The van der Waals surface area contributed by atoms with Crippen LogP contribution in [0, 0.1) is 18.3 Å². The lowest BCUT2D eigenvalue weighted by molar-refractivity contribution is -0.149. The number of carbonyl (C=O) groups is 2. The first-order chi connectivity index (χ1) is 11.4. The zero-order valence-electron chi connectivity index (χ0n) is 14.3. The number of aliphatic carboxylic acids is 1. The molecule has 0 spiro atoms. The number of ether oxygens (including phenoxy) is 1. The predicted molar refractivity (Wildman–Crippen MR) is 89.5 cm³/mol. The van der Waals surface area contributed by atoms with E-state index in [9.17, 15) is 14.7 Å². The second kappa shape index (κ2) is 6.55. The van der Waals surface area contributed by atoms with E-state index in [-0.39, 0.29) is 24.5 Å². The van der Waals surface area contributed by atoms with Gasteiger partial charge in [0.2, 0.25) is 5.91 Å². The number of carbonyl (C=O) groups excluding carboxylic acids is 1. The van der Waals surface area contributed by atoms with E-state index < -0.39 is 11.4 Å². The van der Waals surface area contributed by atoms with Gasteiger partial charge in [-0.15, -0.1) is 0 Å². The van der Waals surface area contributed by atoms with E-state index in [0.29, 0.717) is 19.6 Å². The summed E-state index contributed by atoms with van der Waals surface area (Å²) in [6.07, 6.45) is 1.93. The van der Waals surface area contributed by atoms with Gasteiger partial charge in [0.05, 0.1) is 17.4 Å². The molecule has 0 bridgehead atoms. The molecular weight excluding hydrogens is 306 g/mol. The Hall–Kier alpha value is -1.88. The van der Waals surface area contributed by atoms with E-state index >= 15 is 0 Å². The van der Waals surface area contributed by atoms with Crippen LogP contribution in [0.15, 0.2) is 24.3 Å². The fraction of sp³-hybridized carbons (Fsp3) is 0.579. The lowest BCUT2D eigenvalue weighted by Gasteiger charge is -2.34. The number of carboxylic acids is 1. The van der Waals surface area contributed by atoms with Crippen LogP contribution in [0.3, 0.4) is 0 Å². The van der Waals surface area contributed by atoms with Gasteiger partial charge < -0.3 is 14.7 Å². The highest BCUT2D eigenvalue weighted by molar-refractivity contribution is 5.82. The summed E-state index contributed by atoms with van der Waals surface area (Å²) in [7, 11) is 0. The van der Waals surface area contributed by atoms with Crippen LogP contribution in [-0.4, -0.2) is 41.6 Å². The third-order valence-electron chi connectivity index (χ3n) is 5.35. The predicted octanol–water partition coefficient (Wildman–Crippen LogP) is 2.79. The molecule has 1 aromatic rings. The molecule has 2 fully saturated rings. The van der Waals surface area contributed by atoms with Gasteiger partial charge in [-0.05, 0) is 38.7 Å². The first-order valence-corrected chi connectivity index (χ1v) is 8.61. The number of carboxylic acid groups (broad SMARTS) is 1. The number of hydrogen-bond acceptors (Lipinski definition) is 3. The molecule has 2 heterocycles. The van der Waals surface area contributed by atoms with Crippen LogP contribution in [0.4, 0.5) is 0 Å². The van der Waals surface area contributed by atoms with E-state index in [1.54, 1.807) is 11.8 Å². The largest absolute Gasteiger partial charge is 0.481 e. The molecule has 2 saturated heterocycles. The molecule has 1 amide bonds. The normalized spacial score (nSPS) is 30.3. The van der Waals surface area contributed by atoms with E-state index in [4.69, 9.17) is 4.74 Å². The van der Waals surface area contributed by atoms with Crippen LogP contribution in [0.5, 0.6) is 0 Å². The third kappa shape index (κ3) is 3.18. The number of aryl methyl sites for hydroxylation is 1. The van der Waals surface area contributed by atoms with Gasteiger partial charge in [-0.1, -0.05) is 29.8 Å². The average Bonchev–Trinajstić information content (AvgIpc) is 2.99. The quantitative estimate of drug-likeness (QED) is 0.925. The van der Waals surface area contributed by atoms with Gasteiger partial charge in [0.25, 0.3) is 0 Å². The summed E-state index contributed by atoms with van der Waals surface area (Å²) in [6, 6.07) is 8.12. The van der Waals surface area contributed by atoms with Crippen molar-refractivity contribution in [3.63, 3.8) is 0 Å². The fourth-order valence-corrected chi connectivity index (χ4v) is 3.68. The number of rotatable bonds is 3. The molecular formula is C19H25NO4. The lowest BCUT2D eigenvalue weighted by atomic mass is 9.87. The van der Waals surface area contributed by atoms with Crippen molar-refractivity contribution in [3.05, 3.63) is 35.4 Å². The monoisotopic (exact) mass is 331 g/mol. The SMILES string of the molecule is Cc1ccc([C@@H]2OCCC[C@H]2C(=O)N2CC[C@](C)(C(=O)O)C2)cc1. The van der Waals surface area contributed by atoms with Crippen LogP contribution in [0.2, 0.25) is 0 Å². The molecule has 5 heteroatoms. The second-order valence-corrected chi connectivity index (χ2v) is 7.33. The van der Waals surface area contributed by atoms with Gasteiger partial charge in [-0.3, -0.25) is 9.59 Å². The minimum Gasteiger partial charge on any atom is -0.481 e. The Morgan fingerprint density at radius 1 is 1.29 bits per heavy atom. The van der Waals surface area contributed by atoms with Crippen molar-refractivity contribution in [1.29, 1.82) is 0 Å². The van der Waals surface area contributed by atoms with Gasteiger partial charge in [-0.25, -0.2) is 0 Å². The third-order valence-corrected chi connectivity index (χ3v) is 5.35. The highest BCUT2D eigenvalue weighted by atomic mass is 16.5. The number of benzene rings is 1. The first-order valence-electron chi connectivity index (χ1n) is 8.61. The molecule has 0 aliphatic carbocycles. The van der Waals surface area contributed by atoms with E-state index in [1.807, 2.05) is 31.2 Å². The van der Waals surface area contributed by atoms with Crippen LogP contribution >= 0.6 is 0 Å². The van der Waals surface area contributed by atoms with Crippen molar-refractivity contribution in [3.8, 4) is 0 Å². The highest BCUT2D eigenvalue weighted by Gasteiger charge is 2.45.